The highest BCUT2D eigenvalue weighted by Crippen LogP contribution is 2.44. The molecule has 0 bridgehead atoms. The average Bonchev–Trinajstić information content (AvgIpc) is 1.49. The van der Waals surface area contributed by atoms with Crippen LogP contribution in [0.15, 0.2) is 128 Å². The van der Waals surface area contributed by atoms with Crippen LogP contribution >= 0.6 is 0 Å². The maximum Gasteiger partial charge on any atom is 0.363 e. The van der Waals surface area contributed by atoms with Gasteiger partial charge in [0, 0.05) is 75.7 Å². The van der Waals surface area contributed by atoms with Gasteiger partial charge in [-0.15, -0.1) is 5.06 Å². The summed E-state index contributed by atoms with van der Waals surface area (Å²) in [6, 6.07) is 23.7. The van der Waals surface area contributed by atoms with Crippen molar-refractivity contribution in [2.75, 3.05) is 13.3 Å². The molecule has 2 aliphatic carbocycles. The number of nitrogens with one attached hydrogen (secondary N) is 3. The lowest BCUT2D eigenvalue weighted by Crippen LogP contribution is -2.48. The van der Waals surface area contributed by atoms with Crippen LogP contribution in [0.3, 0.4) is 0 Å². The maximum atomic E-state index is 12.8. The standard InChI is InChI=1S/C26H20N2O11.C25H15NO9.C5H10N2O5/c29-12-2-5-15-18(8-12)39-19-9-13(30)3-6-16(19)20(15)17-7-11(1-4-14(17)25(35)36)23(33)27-10-28-24(34)21(31)22(32)26(37)38;27-13-2-5-16-19(10-13)34-20-11-14(28)3-6-17(20)23(16)18-9-12(1-4-15(18)24(31)32)25(33)35-26-21(29)7-8-22(26)30;6-1-7-4(10)2(8)3(9)5(11)12/h1-9,21-22,29,31-32H,10H2,(H,27,33)(H,28,34)(H,35,36)(H,37,38);1-6,9-11,27H,7-8H2,(H,31,32);2-3,8-9H,1,6H2,(H,7,10)(H,11,12). The maximum absolute atomic E-state index is 12.8. The van der Waals surface area contributed by atoms with Crippen LogP contribution in [0.25, 0.3) is 66.8 Å². The molecule has 15 N–H and O–H groups in total. The van der Waals surface area contributed by atoms with Crippen LogP contribution in [0.2, 0.25) is 0 Å². The number of amides is 5. The number of carboxylic acid groups (broad SMARTS) is 4. The largest absolute Gasteiger partial charge is 0.508 e. The van der Waals surface area contributed by atoms with Crippen LogP contribution in [0.5, 0.6) is 11.5 Å². The Morgan fingerprint density at radius 1 is 0.512 bits per heavy atom. The van der Waals surface area contributed by atoms with E-state index in [4.69, 9.17) is 39.8 Å². The van der Waals surface area contributed by atoms with E-state index in [0.29, 0.717) is 38.1 Å². The Kier molecular flexibility index (Phi) is 18.9. The Hall–Kier alpha value is -11.4. The van der Waals surface area contributed by atoms with Gasteiger partial charge in [-0.2, -0.15) is 0 Å². The van der Waals surface area contributed by atoms with Crippen LogP contribution in [-0.4, -0.2) is 153 Å². The number of aliphatic carboxylic acids is 2. The van der Waals surface area contributed by atoms with Gasteiger partial charge in [-0.05, 0) is 96.1 Å². The van der Waals surface area contributed by atoms with Crippen molar-refractivity contribution in [1.29, 1.82) is 0 Å². The third-order valence-electron chi connectivity index (χ3n) is 12.5. The number of aliphatic hydroxyl groups is 4. The molecular weight excluding hydrogens is 1140 g/mol. The van der Waals surface area contributed by atoms with Gasteiger partial charge in [-0.25, -0.2) is 24.0 Å². The number of nitrogens with zero attached hydrogens (tertiary/aromatic N) is 1. The van der Waals surface area contributed by atoms with Crippen LogP contribution in [0.4, 0.5) is 0 Å². The summed E-state index contributed by atoms with van der Waals surface area (Å²) in [7, 11) is 0. The Morgan fingerprint density at radius 3 is 1.37 bits per heavy atom. The smallest absolute Gasteiger partial charge is 0.363 e. The fourth-order valence-corrected chi connectivity index (χ4v) is 8.42. The number of benzene rings is 6. The van der Waals surface area contributed by atoms with Gasteiger partial charge in [-0.3, -0.25) is 33.6 Å². The molecule has 5 amide bonds. The number of carboxylic acids is 4. The highest BCUT2D eigenvalue weighted by molar-refractivity contribution is 6.11. The lowest BCUT2D eigenvalue weighted by molar-refractivity contribution is -0.172. The number of fused-ring (bicyclic) bond motifs is 4. The Bertz CT molecular complexity index is 4120. The lowest BCUT2D eigenvalue weighted by atomic mass is 9.89. The second-order valence-corrected chi connectivity index (χ2v) is 18.1. The van der Waals surface area contributed by atoms with E-state index in [-0.39, 0.29) is 97.9 Å². The minimum absolute atomic E-state index is 0.0308. The molecule has 30 nitrogen and oxygen atoms in total. The highest BCUT2D eigenvalue weighted by Gasteiger charge is 2.35. The second kappa shape index (κ2) is 26.2. The van der Waals surface area contributed by atoms with Crippen molar-refractivity contribution in [2.24, 2.45) is 5.73 Å². The van der Waals surface area contributed by atoms with E-state index in [0.717, 1.165) is 0 Å². The number of hydrogen-bond donors (Lipinski definition) is 14. The second-order valence-electron chi connectivity index (χ2n) is 18.1. The molecule has 444 valence electrons. The molecule has 4 atom stereocenters. The number of carbonyl (C=O) groups is 10. The van der Waals surface area contributed by atoms with E-state index in [2.05, 4.69) is 5.32 Å². The molecule has 9 rings (SSSR count). The number of aromatic hydroxyl groups is 2. The molecule has 0 aromatic heterocycles. The predicted molar refractivity (Wildman–Crippen MR) is 290 cm³/mol. The first-order chi connectivity index (χ1) is 40.7. The summed E-state index contributed by atoms with van der Waals surface area (Å²) in [5.41, 5.74) is 5.60. The molecule has 0 saturated carbocycles. The van der Waals surface area contributed by atoms with Crippen LogP contribution < -0.4 is 32.5 Å². The summed E-state index contributed by atoms with van der Waals surface area (Å²) in [5.74, 6) is -11.4. The summed E-state index contributed by atoms with van der Waals surface area (Å²) in [6.45, 7) is -0.791. The van der Waals surface area contributed by atoms with E-state index in [1.807, 2.05) is 10.6 Å². The van der Waals surface area contributed by atoms with Crippen LogP contribution in [-0.2, 0) is 33.6 Å². The van der Waals surface area contributed by atoms with Crippen LogP contribution in [0.1, 0.15) is 54.3 Å². The lowest BCUT2D eigenvalue weighted by Gasteiger charge is -2.18. The van der Waals surface area contributed by atoms with E-state index in [9.17, 15) is 88.2 Å². The van der Waals surface area contributed by atoms with E-state index in [1.165, 1.54) is 109 Å². The van der Waals surface area contributed by atoms with E-state index < -0.39 is 90.5 Å². The predicted octanol–water partition coefficient (Wildman–Crippen LogP) is 0.593. The molecular formula is C56H45N5O25. The van der Waals surface area contributed by atoms with E-state index in [1.54, 1.807) is 0 Å². The molecule has 4 aromatic carbocycles. The fraction of sp³-hybridized carbons (Fsp3) is 0.143. The highest BCUT2D eigenvalue weighted by atomic mass is 16.7. The van der Waals surface area contributed by atoms with Gasteiger partial charge in [-0.1, -0.05) is 0 Å². The van der Waals surface area contributed by atoms with Gasteiger partial charge in [0.05, 0.1) is 30.0 Å². The third kappa shape index (κ3) is 13.7. The van der Waals surface area contributed by atoms with Crippen molar-refractivity contribution in [2.45, 2.75) is 37.3 Å². The number of phenols is 2. The van der Waals surface area contributed by atoms with Crippen molar-refractivity contribution in [3.8, 4) is 56.4 Å². The molecule has 5 aliphatic rings. The zero-order chi connectivity index (χ0) is 63.0. The zero-order valence-corrected chi connectivity index (χ0v) is 43.7. The van der Waals surface area contributed by atoms with Crippen molar-refractivity contribution < 1.29 is 113 Å². The number of imide groups is 1. The number of hydrogen-bond acceptors (Lipinski definition) is 22. The Balaban J connectivity index is 0.000000208. The number of nitrogens with two attached hydrogens (primary N) is 1. The Morgan fingerprint density at radius 2 is 0.942 bits per heavy atom. The first kappa shape index (κ1) is 62.2. The van der Waals surface area contributed by atoms with Gasteiger partial charge < -0.3 is 86.4 Å². The normalized spacial score (nSPS) is 13.3. The van der Waals surface area contributed by atoms with E-state index >= 15 is 0 Å². The third-order valence-corrected chi connectivity index (χ3v) is 12.5. The van der Waals surface area contributed by atoms with Crippen LogP contribution in [0, 0.1) is 0 Å². The molecule has 1 fully saturated rings. The first-order valence-electron chi connectivity index (χ1n) is 24.6. The summed E-state index contributed by atoms with van der Waals surface area (Å²) < 4.78 is 11.6. The number of phenolic OH excluding ortho intramolecular Hbond substituents is 2. The SMILES string of the molecule is NCNC(=O)C(O)C(O)C(=O)O.O=C(NCNC(=O)C(O)C(O)C(=O)O)c1ccc(C(=O)O)c(-c2c3ccc(=O)cc-3oc3cc(O)ccc23)c1.O=C(ON1C(=O)CCC1=O)c1ccc(C(=O)O)c(-c2c3ccc(=O)cc-3oc3cc(O)ccc23)c1. The summed E-state index contributed by atoms with van der Waals surface area (Å²) in [6.07, 6.45) is -8.92. The monoisotopic (exact) mass is 1190 g/mol. The van der Waals surface area contributed by atoms with Gasteiger partial charge in [0.15, 0.2) is 35.3 Å². The van der Waals surface area contributed by atoms with Gasteiger partial charge in [0.2, 0.25) is 0 Å². The number of rotatable bonds is 16. The average molecular weight is 1190 g/mol. The number of carbonyl (C=O) groups excluding carboxylic acids is 6. The molecule has 1 saturated heterocycles. The minimum atomic E-state index is -2.37. The summed E-state index contributed by atoms with van der Waals surface area (Å²) >= 11 is 0. The fourth-order valence-electron chi connectivity index (χ4n) is 8.42. The number of aromatic carboxylic acids is 2. The van der Waals surface area contributed by atoms with Crippen molar-refractivity contribution >= 4 is 81.3 Å². The number of hydroxylamine groups is 2. The Labute approximate surface area is 478 Å². The quantitative estimate of drug-likeness (QED) is 0.0358. The van der Waals surface area contributed by atoms with Crippen molar-refractivity contribution in [3.05, 3.63) is 152 Å². The zero-order valence-electron chi connectivity index (χ0n) is 43.7. The van der Waals surface area contributed by atoms with Gasteiger partial charge in [0.1, 0.15) is 34.2 Å². The summed E-state index contributed by atoms with van der Waals surface area (Å²) in [4.78, 5) is 145. The molecule has 0 radical (unpaired) electrons. The van der Waals surface area contributed by atoms with Crippen molar-refractivity contribution in [1.82, 2.24) is 21.0 Å². The molecule has 0 spiro atoms. The number of aliphatic hydroxyl groups excluding tert-OH is 4. The molecule has 86 heavy (non-hydrogen) atoms. The minimum Gasteiger partial charge on any atom is -0.508 e. The van der Waals surface area contributed by atoms with Gasteiger partial charge in [0.25, 0.3) is 29.5 Å². The summed E-state index contributed by atoms with van der Waals surface area (Å²) in [5, 5.41) is 100. The first-order valence-corrected chi connectivity index (χ1v) is 24.6. The molecule has 3 aliphatic heterocycles. The topological polar surface area (TPSA) is 508 Å². The molecule has 4 aromatic rings. The van der Waals surface area contributed by atoms with Crippen molar-refractivity contribution in [3.63, 3.8) is 0 Å². The molecule has 4 unspecified atom stereocenters. The molecule has 3 heterocycles. The van der Waals surface area contributed by atoms with Gasteiger partial charge >= 0.3 is 29.8 Å². The molecule has 30 heteroatoms.